The average Bonchev–Trinajstić information content (AvgIpc) is 1.49. The minimum absolute atomic E-state index is 0.0124. The number of amides is 2. The van der Waals surface area contributed by atoms with E-state index in [1.165, 1.54) is 24.0 Å². The Morgan fingerprint density at radius 2 is 0.891 bits per heavy atom. The minimum atomic E-state index is -2.86. The molecule has 2 aromatic heterocycles. The van der Waals surface area contributed by atoms with Gasteiger partial charge in [-0.1, -0.05) is 142 Å². The van der Waals surface area contributed by atoms with E-state index in [9.17, 15) is 68.4 Å². The van der Waals surface area contributed by atoms with Crippen LogP contribution in [-0.2, 0) is 95.3 Å². The third-order valence-corrected chi connectivity index (χ3v) is 30.2. The van der Waals surface area contributed by atoms with Crippen LogP contribution in [0.3, 0.4) is 0 Å². The first-order valence-electron chi connectivity index (χ1n) is 50.1. The second-order valence-corrected chi connectivity index (χ2v) is 40.7. The van der Waals surface area contributed by atoms with Gasteiger partial charge in [0.05, 0.1) is 48.7 Å². The first-order valence-corrected chi connectivity index (χ1v) is 50.1. The Bertz CT molecular complexity index is 4600. The number of tetrazole rings is 2. The number of piperidine rings is 2. The second-order valence-electron chi connectivity index (χ2n) is 40.7. The highest BCUT2D eigenvalue weighted by Gasteiger charge is 2.57. The molecule has 2 saturated carbocycles. The normalized spacial score (nSPS) is 37.8. The van der Waals surface area contributed by atoms with Crippen molar-refractivity contribution >= 4 is 58.5 Å². The summed E-state index contributed by atoms with van der Waals surface area (Å²) < 4.78 is 63.3. The molecule has 0 spiro atoms. The number of aliphatic hydroxyl groups excluding tert-OH is 2. The van der Waals surface area contributed by atoms with Crippen LogP contribution in [-0.4, -0.2) is 282 Å². The van der Waals surface area contributed by atoms with E-state index in [0.717, 1.165) is 36.8 Å². The van der Waals surface area contributed by atoms with Gasteiger partial charge in [-0.15, -0.1) is 10.2 Å². The number of aromatic nitrogens is 8. The highest BCUT2D eigenvalue weighted by molar-refractivity contribution is 6.39. The fourth-order valence-electron chi connectivity index (χ4n) is 21.5. The predicted molar refractivity (Wildman–Crippen MR) is 512 cm³/mol. The van der Waals surface area contributed by atoms with E-state index in [4.69, 9.17) is 47.4 Å². The van der Waals surface area contributed by atoms with Gasteiger partial charge >= 0.3 is 17.7 Å². The summed E-state index contributed by atoms with van der Waals surface area (Å²) in [6.45, 7) is 25.6. The maximum atomic E-state index is 14.7. The Morgan fingerprint density at radius 3 is 1.31 bits per heavy atom. The standard InChI is InChI=1S/2C52H79N5O12/c1-31-16-12-11-13-17-32(2)43(65-8)28-39-21-19-37(7)52(64,69-39)49(61)50(62)56-23-15-14-18-41(56)51(63)68-44(34(4)26-38-20-22-40(45(27-38)66-9)57-30-53-54-55-57)29-42(58)33(3)25-36(6)47(60)48(67-10)46(59)35(5)24-31;1-31-16-12-11-13-17-32(2)43(65-8)28-39-21-19-33(3)49(61)52(64,69-39)51(63)56-23-15-14-18-41(56)50(62)68-44(35(5)26-38-20-22-40(45(27-38)66-9)57-30-53-54-55-57)29-42(58)34(4)25-37(7)47(60)48(67-10)46(59)36(6)24-31/h11-13,16-17,25,30-31,33-35,37-41,43-45,47-48,60,64H,14-15,18-24,26-29H2,1-10H3;11-13,16-17,25,30-31,33-36,38-41,43-45,47-48,60,64H,14-15,18-24,26-29H2,1-10H3/b13-11?,16-12+,32-17?,36-25+;13-11+,16-12+,32-17?,37-25+/t31-,33-,34-,35-,37-,38+,39+,40+,41+,43+,44+,45-,47-,48+,52-;31-,33-,34-,35-,36-,38+,39+,40+,41+,43+,44+,45-,47-,48+,52?/m11/s1. The van der Waals surface area contributed by atoms with Gasteiger partial charge in [-0.05, 0) is 235 Å². The summed E-state index contributed by atoms with van der Waals surface area (Å²) in [5.41, 5.74) is 2.51. The van der Waals surface area contributed by atoms with E-state index < -0.39 is 156 Å². The lowest BCUT2D eigenvalue weighted by atomic mass is 9.77. The maximum absolute atomic E-state index is 14.7. The number of hydrogen-bond donors (Lipinski definition) is 4. The molecular weight excluding hydrogens is 1770 g/mol. The van der Waals surface area contributed by atoms with Crippen LogP contribution in [0.1, 0.15) is 263 Å². The first kappa shape index (κ1) is 113. The smallest absolute Gasteiger partial charge is 0.329 e. The number of Topliss-reactive ketones (excluding diaryl/α,β-unsaturated/α-hetero) is 6. The number of carbonyl (C=O) groups is 10. The van der Waals surface area contributed by atoms with E-state index in [1.54, 1.807) is 104 Å². The number of esters is 2. The molecular formula is C104H158N10O24. The summed E-state index contributed by atoms with van der Waals surface area (Å²) in [5, 5.41) is 70.6. The van der Waals surface area contributed by atoms with Gasteiger partial charge in [0.15, 0.2) is 11.6 Å². The number of carbonyl (C=O) groups excluding carboxylic acids is 10. The van der Waals surface area contributed by atoms with Crippen molar-refractivity contribution in [2.45, 2.75) is 360 Å². The number of aliphatic hydroxyl groups is 4. The third-order valence-electron chi connectivity index (χ3n) is 30.2. The number of ether oxygens (including phenoxy) is 10. The van der Waals surface area contributed by atoms with Gasteiger partial charge in [0.25, 0.3) is 17.6 Å². The number of allylic oxidation sites excluding steroid dienone is 12. The summed E-state index contributed by atoms with van der Waals surface area (Å²) in [6, 6.07) is -2.41. The highest BCUT2D eigenvalue weighted by atomic mass is 16.7. The molecule has 0 radical (unpaired) electrons. The van der Waals surface area contributed by atoms with Crippen LogP contribution >= 0.6 is 0 Å². The van der Waals surface area contributed by atoms with E-state index in [1.807, 2.05) is 116 Å². The number of hydrogen-bond acceptors (Lipinski definition) is 30. The van der Waals surface area contributed by atoms with Gasteiger partial charge in [0, 0.05) is 117 Å². The Kier molecular flexibility index (Phi) is 43.9. The van der Waals surface area contributed by atoms with Gasteiger partial charge in [-0.3, -0.25) is 38.4 Å². The average molecular weight is 1930 g/mol. The number of cyclic esters (lactones) is 2. The van der Waals surface area contributed by atoms with Crippen molar-refractivity contribution < 1.29 is 116 Å². The fraction of sp³-hybridized carbons (Fsp3) is 0.731. The molecule has 34 nitrogen and oxygen atoms in total. The third kappa shape index (κ3) is 29.8. The molecule has 4 bridgehead atoms. The van der Waals surface area contributed by atoms with Crippen molar-refractivity contribution in [2.24, 2.45) is 71.0 Å². The van der Waals surface area contributed by atoms with Crippen LogP contribution in [0.5, 0.6) is 0 Å². The number of methoxy groups -OCH3 is 6. The lowest BCUT2D eigenvalue weighted by Gasteiger charge is -2.42. The number of ketones is 6. The largest absolute Gasteiger partial charge is 0.460 e. The number of fused-ring (bicyclic) bond motifs is 6. The zero-order chi connectivity index (χ0) is 101. The molecule has 30 atom stereocenters. The topological polar surface area (TPSA) is 438 Å². The molecule has 2 aliphatic carbocycles. The van der Waals surface area contributed by atoms with Crippen LogP contribution in [0.25, 0.3) is 0 Å². The van der Waals surface area contributed by atoms with E-state index in [2.05, 4.69) is 31.1 Å². The molecule has 2 aromatic rings. The van der Waals surface area contributed by atoms with Crippen molar-refractivity contribution in [3.63, 3.8) is 0 Å². The zero-order valence-electron chi connectivity index (χ0n) is 85.1. The second kappa shape index (κ2) is 53.5. The van der Waals surface area contributed by atoms with Crippen molar-refractivity contribution in [3.8, 4) is 0 Å². The summed E-state index contributed by atoms with van der Waals surface area (Å²) in [6.07, 6.45) is 27.3. The fourth-order valence-corrected chi connectivity index (χ4v) is 21.5. The summed E-state index contributed by atoms with van der Waals surface area (Å²) in [4.78, 5) is 145. The van der Waals surface area contributed by atoms with Crippen LogP contribution in [0, 0.1) is 71.0 Å². The lowest BCUT2D eigenvalue weighted by Crippen LogP contribution is -2.62. The molecule has 6 fully saturated rings. The lowest BCUT2D eigenvalue weighted by molar-refractivity contribution is -0.265. The molecule has 0 aromatic carbocycles. The SMILES string of the molecule is CO[C@H]1C[C@@H]2CC[C@@H](C)C(=O)C(O)(O2)C(=O)N2CCCC[C@H]2C(=O)O[C@H]([C@H](C)C[C@@H]2CC[C@H](n3cnnn3)[C@H](OC)C2)CC(=O)[C@H](C)/C=C(\C)[C@@H](O)[C@@H](OC)C(=O)[C@H](C)C[C@H](C)/C=C/C=C/C=C1C.CO[C@H]1C[C@@H]2CC[C@@H](C)[C@@](O)(O2)C(=O)C(=O)N2CCCC[C@H]2C(=O)O[C@H]([C@H](C)C[C@@H]2CC[C@H](n3cnnn3)[C@H](OC)C2)CC(=O)[C@H](C)/C=C(\C)[C@@H](O)[C@@H](OC)C(=O)[C@H](C)C[C@H](C)/C=C/C=CC=C1C. The molecule has 6 aliphatic heterocycles. The van der Waals surface area contributed by atoms with E-state index in [0.29, 0.717) is 107 Å². The van der Waals surface area contributed by atoms with Gasteiger partial charge < -0.3 is 77.6 Å². The van der Waals surface area contributed by atoms with Gasteiger partial charge in [-0.25, -0.2) is 19.0 Å². The molecule has 10 rings (SSSR count). The summed E-state index contributed by atoms with van der Waals surface area (Å²) >= 11 is 0. The van der Waals surface area contributed by atoms with Gasteiger partial charge in [0.1, 0.15) is 72.9 Å². The first-order chi connectivity index (χ1) is 65.6. The quantitative estimate of drug-likeness (QED) is 0.0590. The predicted octanol–water partition coefficient (Wildman–Crippen LogP) is 12.1. The van der Waals surface area contributed by atoms with E-state index >= 15 is 0 Å². The van der Waals surface area contributed by atoms with Gasteiger partial charge in [-0.2, -0.15) is 0 Å². The van der Waals surface area contributed by atoms with Crippen molar-refractivity contribution in [1.29, 1.82) is 0 Å². The minimum Gasteiger partial charge on any atom is -0.460 e. The molecule has 8 heterocycles. The molecule has 4 N–H and O–H groups in total. The van der Waals surface area contributed by atoms with Crippen LogP contribution in [0.15, 0.2) is 108 Å². The monoisotopic (exact) mass is 1930 g/mol. The van der Waals surface area contributed by atoms with Gasteiger partial charge in [0.2, 0.25) is 11.6 Å². The van der Waals surface area contributed by atoms with Crippen LogP contribution in [0.2, 0.25) is 0 Å². The Hall–Kier alpha value is -8.52. The Balaban J connectivity index is 0.000000309. The maximum Gasteiger partial charge on any atom is 0.329 e. The summed E-state index contributed by atoms with van der Waals surface area (Å²) in [5.74, 6) is -15.9. The van der Waals surface area contributed by atoms with Crippen LogP contribution in [0.4, 0.5) is 0 Å². The number of nitrogens with zero attached hydrogens (tertiary/aromatic N) is 10. The van der Waals surface area contributed by atoms with Crippen molar-refractivity contribution in [3.05, 3.63) is 108 Å². The van der Waals surface area contributed by atoms with Crippen molar-refractivity contribution in [1.82, 2.24) is 50.2 Å². The molecule has 34 heteroatoms. The van der Waals surface area contributed by atoms with Crippen molar-refractivity contribution in [2.75, 3.05) is 55.7 Å². The highest BCUT2D eigenvalue weighted by Crippen LogP contribution is 2.44. The molecule has 768 valence electrons. The summed E-state index contributed by atoms with van der Waals surface area (Å²) in [7, 11) is 9.23. The molecule has 2 amide bonds. The Labute approximate surface area is 815 Å². The Morgan fingerprint density at radius 1 is 0.464 bits per heavy atom. The van der Waals surface area contributed by atoms with E-state index in [-0.39, 0.29) is 128 Å². The molecule has 1 unspecified atom stereocenters. The number of rotatable bonds is 14. The molecule has 8 aliphatic rings. The molecule has 138 heavy (non-hydrogen) atoms. The van der Waals surface area contributed by atoms with Crippen LogP contribution < -0.4 is 0 Å². The molecule has 4 saturated heterocycles. The zero-order valence-corrected chi connectivity index (χ0v) is 85.1.